The summed E-state index contributed by atoms with van der Waals surface area (Å²) in [6, 6.07) is 11.7. The number of rotatable bonds is 6. The Morgan fingerprint density at radius 1 is 1.23 bits per heavy atom. The van der Waals surface area contributed by atoms with Crippen LogP contribution in [-0.4, -0.2) is 15.6 Å². The molecule has 0 unspecified atom stereocenters. The van der Waals surface area contributed by atoms with Crippen molar-refractivity contribution in [2.24, 2.45) is 7.05 Å². The van der Waals surface area contributed by atoms with E-state index in [9.17, 15) is 4.79 Å². The van der Waals surface area contributed by atoms with Gasteiger partial charge in [0.25, 0.3) is 0 Å². The van der Waals surface area contributed by atoms with Gasteiger partial charge in [0.15, 0.2) is 0 Å². The number of hydrogen-bond donors (Lipinski definition) is 0. The van der Waals surface area contributed by atoms with Gasteiger partial charge in [-0.15, -0.1) is 0 Å². The van der Waals surface area contributed by atoms with Crippen LogP contribution < -0.4 is 4.74 Å². The average Bonchev–Trinajstić information content (AvgIpc) is 3.38. The van der Waals surface area contributed by atoms with Crippen molar-refractivity contribution in [3.63, 3.8) is 0 Å². The molecule has 2 aromatic heterocycles. The van der Waals surface area contributed by atoms with Gasteiger partial charge in [0.1, 0.15) is 29.6 Å². The molecule has 0 atom stereocenters. The minimum absolute atomic E-state index is 0.114. The van der Waals surface area contributed by atoms with Gasteiger partial charge in [0.2, 0.25) is 5.78 Å². The van der Waals surface area contributed by atoms with Gasteiger partial charge in [0.05, 0.1) is 0 Å². The van der Waals surface area contributed by atoms with Gasteiger partial charge < -0.3 is 9.15 Å². The lowest BCUT2D eigenvalue weighted by atomic mass is 10.1. The standard InChI is InChI=1S/C21H20N2O3/c1-23-20(11-12-22-23)21(24)10-9-17-7-8-19(26-17)14-25-18-6-5-15-3-2-4-16(15)13-18/h5-13H,2-4,14H2,1H3/b10-9+. The van der Waals surface area contributed by atoms with Crippen LogP contribution >= 0.6 is 0 Å². The molecule has 3 aromatic rings. The van der Waals surface area contributed by atoms with Gasteiger partial charge in [-0.1, -0.05) is 6.07 Å². The molecule has 0 saturated heterocycles. The van der Waals surface area contributed by atoms with Crippen molar-refractivity contribution in [1.82, 2.24) is 9.78 Å². The summed E-state index contributed by atoms with van der Waals surface area (Å²) in [5, 5.41) is 3.99. The summed E-state index contributed by atoms with van der Waals surface area (Å²) >= 11 is 0. The van der Waals surface area contributed by atoms with E-state index in [1.807, 2.05) is 18.2 Å². The largest absolute Gasteiger partial charge is 0.486 e. The molecular formula is C21H20N2O3. The summed E-state index contributed by atoms with van der Waals surface area (Å²) in [5.41, 5.74) is 3.35. The van der Waals surface area contributed by atoms with E-state index in [0.717, 1.165) is 17.9 Å². The van der Waals surface area contributed by atoms with Crippen molar-refractivity contribution >= 4 is 11.9 Å². The number of furan rings is 1. The Hall–Kier alpha value is -3.08. The summed E-state index contributed by atoms with van der Waals surface area (Å²) in [7, 11) is 1.74. The van der Waals surface area contributed by atoms with Crippen LogP contribution in [0, 0.1) is 0 Å². The highest BCUT2D eigenvalue weighted by atomic mass is 16.5. The minimum atomic E-state index is -0.114. The molecule has 0 amide bonds. The fraction of sp³-hybridized carbons (Fsp3) is 0.238. The number of aromatic nitrogens is 2. The molecule has 5 nitrogen and oxygen atoms in total. The van der Waals surface area contributed by atoms with Gasteiger partial charge in [0, 0.05) is 13.2 Å². The lowest BCUT2D eigenvalue weighted by Gasteiger charge is -2.06. The molecule has 0 fully saturated rings. The number of aryl methyl sites for hydroxylation is 3. The number of carbonyl (C=O) groups is 1. The number of carbonyl (C=O) groups excluding carboxylic acids is 1. The Balaban J connectivity index is 1.36. The molecule has 4 rings (SSSR count). The molecule has 2 heterocycles. The van der Waals surface area contributed by atoms with Gasteiger partial charge in [-0.25, -0.2) is 0 Å². The quantitative estimate of drug-likeness (QED) is 0.499. The molecule has 1 aliphatic rings. The number of ether oxygens (including phenoxy) is 1. The maximum Gasteiger partial charge on any atom is 0.203 e. The van der Waals surface area contributed by atoms with E-state index in [1.54, 1.807) is 30.1 Å². The van der Waals surface area contributed by atoms with Crippen LogP contribution in [0.4, 0.5) is 0 Å². The van der Waals surface area contributed by atoms with Crippen molar-refractivity contribution in [3.8, 4) is 5.75 Å². The third-order valence-electron chi connectivity index (χ3n) is 4.61. The van der Waals surface area contributed by atoms with Crippen molar-refractivity contribution in [3.05, 3.63) is 77.0 Å². The Labute approximate surface area is 151 Å². The fourth-order valence-electron chi connectivity index (χ4n) is 3.21. The lowest BCUT2D eigenvalue weighted by molar-refractivity contribution is 0.103. The van der Waals surface area contributed by atoms with Gasteiger partial charge in [-0.05, 0) is 72.9 Å². The Morgan fingerprint density at radius 2 is 2.12 bits per heavy atom. The number of fused-ring (bicyclic) bond motifs is 1. The molecule has 5 heteroatoms. The van der Waals surface area contributed by atoms with E-state index in [1.165, 1.54) is 30.0 Å². The second kappa shape index (κ2) is 7.04. The molecule has 1 aliphatic carbocycles. The molecular weight excluding hydrogens is 328 g/mol. The summed E-state index contributed by atoms with van der Waals surface area (Å²) < 4.78 is 13.1. The molecule has 0 radical (unpaired) electrons. The monoisotopic (exact) mass is 348 g/mol. The number of benzene rings is 1. The van der Waals surface area contributed by atoms with Crippen molar-refractivity contribution in [2.75, 3.05) is 0 Å². The number of nitrogens with zero attached hydrogens (tertiary/aromatic N) is 2. The summed E-state index contributed by atoms with van der Waals surface area (Å²) in [6.07, 6.45) is 8.27. The molecule has 0 bridgehead atoms. The first-order valence-electron chi connectivity index (χ1n) is 8.73. The first-order chi connectivity index (χ1) is 12.7. The molecule has 0 saturated carbocycles. The Bertz CT molecular complexity index is 965. The van der Waals surface area contributed by atoms with Crippen LogP contribution in [-0.2, 0) is 26.5 Å². The fourth-order valence-corrected chi connectivity index (χ4v) is 3.21. The molecule has 132 valence electrons. The zero-order valence-electron chi connectivity index (χ0n) is 14.6. The van der Waals surface area contributed by atoms with Gasteiger partial charge >= 0.3 is 0 Å². The third kappa shape index (κ3) is 3.47. The Kier molecular flexibility index (Phi) is 4.44. The summed E-state index contributed by atoms with van der Waals surface area (Å²) in [5.74, 6) is 2.09. The van der Waals surface area contributed by atoms with E-state index < -0.39 is 0 Å². The topological polar surface area (TPSA) is 57.3 Å². The van der Waals surface area contributed by atoms with E-state index in [2.05, 4.69) is 17.2 Å². The van der Waals surface area contributed by atoms with E-state index >= 15 is 0 Å². The third-order valence-corrected chi connectivity index (χ3v) is 4.61. The van der Waals surface area contributed by atoms with Crippen LogP contribution in [0.1, 0.15) is 39.6 Å². The second-order valence-electron chi connectivity index (χ2n) is 6.41. The Morgan fingerprint density at radius 3 is 2.96 bits per heavy atom. The first-order valence-corrected chi connectivity index (χ1v) is 8.73. The molecule has 1 aromatic carbocycles. The number of hydrogen-bond acceptors (Lipinski definition) is 4. The van der Waals surface area contributed by atoms with Crippen LogP contribution in [0.2, 0.25) is 0 Å². The zero-order valence-corrected chi connectivity index (χ0v) is 14.6. The van der Waals surface area contributed by atoms with Gasteiger partial charge in [-0.3, -0.25) is 9.48 Å². The average molecular weight is 348 g/mol. The highest BCUT2D eigenvalue weighted by Gasteiger charge is 2.11. The molecule has 0 spiro atoms. The predicted molar refractivity (Wildman–Crippen MR) is 98.1 cm³/mol. The van der Waals surface area contributed by atoms with Crippen LogP contribution in [0.25, 0.3) is 6.08 Å². The highest BCUT2D eigenvalue weighted by Crippen LogP contribution is 2.26. The van der Waals surface area contributed by atoms with E-state index in [0.29, 0.717) is 18.1 Å². The zero-order chi connectivity index (χ0) is 17.9. The maximum atomic E-state index is 12.1. The molecule has 0 aliphatic heterocycles. The minimum Gasteiger partial charge on any atom is -0.486 e. The molecule has 26 heavy (non-hydrogen) atoms. The number of allylic oxidation sites excluding steroid dienone is 1. The van der Waals surface area contributed by atoms with Crippen LogP contribution in [0.5, 0.6) is 5.75 Å². The van der Waals surface area contributed by atoms with Crippen molar-refractivity contribution in [1.29, 1.82) is 0 Å². The lowest BCUT2D eigenvalue weighted by Crippen LogP contribution is -2.03. The normalized spacial score (nSPS) is 13.3. The van der Waals surface area contributed by atoms with Crippen molar-refractivity contribution < 1.29 is 13.9 Å². The summed E-state index contributed by atoms with van der Waals surface area (Å²) in [4.78, 5) is 12.1. The van der Waals surface area contributed by atoms with Crippen LogP contribution in [0.15, 0.2) is 53.1 Å². The second-order valence-corrected chi connectivity index (χ2v) is 6.41. The smallest absolute Gasteiger partial charge is 0.203 e. The SMILES string of the molecule is Cn1nccc1C(=O)/C=C/c1ccc(COc2ccc3c(c2)CCC3)o1. The predicted octanol–water partition coefficient (Wildman–Crippen LogP) is 3.98. The molecule has 0 N–H and O–H groups in total. The van der Waals surface area contributed by atoms with Crippen LogP contribution in [0.3, 0.4) is 0 Å². The first kappa shape index (κ1) is 16.4. The van der Waals surface area contributed by atoms with Gasteiger partial charge in [-0.2, -0.15) is 5.10 Å². The number of ketones is 1. The van der Waals surface area contributed by atoms with E-state index in [4.69, 9.17) is 9.15 Å². The summed E-state index contributed by atoms with van der Waals surface area (Å²) in [6.45, 7) is 0.363. The maximum absolute atomic E-state index is 12.1. The van der Waals surface area contributed by atoms with E-state index in [-0.39, 0.29) is 5.78 Å². The highest BCUT2D eigenvalue weighted by molar-refractivity contribution is 6.05. The van der Waals surface area contributed by atoms with Crippen molar-refractivity contribution in [2.45, 2.75) is 25.9 Å².